The highest BCUT2D eigenvalue weighted by Crippen LogP contribution is 2.52. The maximum Gasteiger partial charge on any atom is 0.334 e. The molecule has 3 atom stereocenters. The summed E-state index contributed by atoms with van der Waals surface area (Å²) in [6.45, 7) is 5.24. The number of aliphatic carboxylic acids is 2. The topological polar surface area (TPSA) is 99.1 Å². The standard InChI is InChI=1S/C36H41ClN2O5/c1-25-36(35(42)43,18-17-30(26-11-4-2-5-12-26)27-13-6-3-7-14-27)33(28-15-10-16-29(37)23-28)32(34(40)41)31(38-25)24-44-22-21-39-19-8-9-20-39/h2-7,10-16,23,25,30,33,38H,8-9,17-22,24H2,1H3,(H,40,41)(H,42,43). The Morgan fingerprint density at radius 1 is 0.977 bits per heavy atom. The molecular weight excluding hydrogens is 576 g/mol. The molecular formula is C36H41ClN2O5. The molecule has 0 saturated carbocycles. The fraction of sp³-hybridized carbons (Fsp3) is 0.389. The number of likely N-dealkylation sites (tertiary alicyclic amines) is 1. The molecule has 3 aromatic carbocycles. The van der Waals surface area contributed by atoms with Crippen molar-refractivity contribution < 1.29 is 24.5 Å². The number of carboxylic acid groups (broad SMARTS) is 2. The molecule has 3 aromatic rings. The molecule has 0 radical (unpaired) electrons. The second-order valence-electron chi connectivity index (χ2n) is 11.9. The predicted octanol–water partition coefficient (Wildman–Crippen LogP) is 6.55. The number of halogens is 1. The zero-order valence-electron chi connectivity index (χ0n) is 25.1. The molecule has 3 N–H and O–H groups in total. The monoisotopic (exact) mass is 616 g/mol. The SMILES string of the molecule is CC1NC(COCCN2CCCC2)=C(C(=O)O)C(c2cccc(Cl)c2)C1(CCC(c1ccccc1)c1ccccc1)C(=O)O. The lowest BCUT2D eigenvalue weighted by Gasteiger charge is -2.48. The quantitative estimate of drug-likeness (QED) is 0.187. The molecule has 0 spiro atoms. The van der Waals surface area contributed by atoms with Crippen LogP contribution in [0.3, 0.4) is 0 Å². The third-order valence-electron chi connectivity index (χ3n) is 9.35. The van der Waals surface area contributed by atoms with Crippen LogP contribution >= 0.6 is 11.6 Å². The fourth-order valence-electron chi connectivity index (χ4n) is 7.10. The molecule has 44 heavy (non-hydrogen) atoms. The molecule has 1 saturated heterocycles. The molecule has 3 unspecified atom stereocenters. The van der Waals surface area contributed by atoms with E-state index in [1.165, 1.54) is 12.8 Å². The number of hydrogen-bond acceptors (Lipinski definition) is 5. The first-order valence-corrected chi connectivity index (χ1v) is 15.8. The number of carboxylic acids is 2. The van der Waals surface area contributed by atoms with Crippen molar-refractivity contribution in [2.75, 3.05) is 32.8 Å². The molecule has 7 nitrogen and oxygen atoms in total. The first-order chi connectivity index (χ1) is 21.3. The zero-order valence-corrected chi connectivity index (χ0v) is 25.9. The summed E-state index contributed by atoms with van der Waals surface area (Å²) in [4.78, 5) is 29.0. The molecule has 8 heteroatoms. The molecule has 2 aliphatic heterocycles. The number of nitrogens with one attached hydrogen (secondary N) is 1. The average Bonchev–Trinajstić information content (AvgIpc) is 3.54. The summed E-state index contributed by atoms with van der Waals surface area (Å²) in [5.74, 6) is -3.25. The van der Waals surface area contributed by atoms with Gasteiger partial charge in [0, 0.05) is 35.1 Å². The van der Waals surface area contributed by atoms with E-state index in [0.29, 0.717) is 29.3 Å². The number of benzene rings is 3. The molecule has 232 valence electrons. The summed E-state index contributed by atoms with van der Waals surface area (Å²) in [6, 6.07) is 26.4. The van der Waals surface area contributed by atoms with E-state index in [1.54, 1.807) is 24.3 Å². The fourth-order valence-corrected chi connectivity index (χ4v) is 7.30. The average molecular weight is 617 g/mol. The number of ether oxygens (including phenoxy) is 1. The Morgan fingerprint density at radius 3 is 2.18 bits per heavy atom. The maximum absolute atomic E-state index is 13.6. The first-order valence-electron chi connectivity index (χ1n) is 15.4. The van der Waals surface area contributed by atoms with Crippen molar-refractivity contribution in [3.05, 3.63) is 118 Å². The van der Waals surface area contributed by atoms with Crippen LogP contribution in [0.4, 0.5) is 0 Å². The van der Waals surface area contributed by atoms with Crippen LogP contribution in [0.5, 0.6) is 0 Å². The Hall–Kier alpha value is -3.65. The van der Waals surface area contributed by atoms with E-state index in [4.69, 9.17) is 16.3 Å². The highest BCUT2D eigenvalue weighted by atomic mass is 35.5. The molecule has 0 amide bonds. The lowest BCUT2D eigenvalue weighted by molar-refractivity contribution is -0.153. The van der Waals surface area contributed by atoms with Crippen LogP contribution in [0.25, 0.3) is 0 Å². The van der Waals surface area contributed by atoms with E-state index in [1.807, 2.05) is 43.3 Å². The minimum atomic E-state index is -1.49. The van der Waals surface area contributed by atoms with E-state index < -0.39 is 29.3 Å². The van der Waals surface area contributed by atoms with Crippen molar-refractivity contribution in [2.45, 2.75) is 50.5 Å². The minimum absolute atomic E-state index is 0.0184. The van der Waals surface area contributed by atoms with Crippen molar-refractivity contribution in [3.8, 4) is 0 Å². The van der Waals surface area contributed by atoms with E-state index in [9.17, 15) is 19.8 Å². The van der Waals surface area contributed by atoms with Gasteiger partial charge in [0.1, 0.15) is 0 Å². The summed E-state index contributed by atoms with van der Waals surface area (Å²) >= 11 is 6.43. The van der Waals surface area contributed by atoms with Gasteiger partial charge < -0.3 is 25.2 Å². The summed E-state index contributed by atoms with van der Waals surface area (Å²) in [7, 11) is 0. The van der Waals surface area contributed by atoms with Gasteiger partial charge in [-0.15, -0.1) is 0 Å². The second kappa shape index (κ2) is 14.4. The van der Waals surface area contributed by atoms with E-state index in [2.05, 4.69) is 34.5 Å². The highest BCUT2D eigenvalue weighted by molar-refractivity contribution is 6.30. The molecule has 0 aromatic heterocycles. The van der Waals surface area contributed by atoms with Crippen LogP contribution in [0.2, 0.25) is 5.02 Å². The van der Waals surface area contributed by atoms with Crippen molar-refractivity contribution in [2.24, 2.45) is 5.41 Å². The van der Waals surface area contributed by atoms with Crippen LogP contribution in [-0.2, 0) is 14.3 Å². The maximum atomic E-state index is 13.6. The van der Waals surface area contributed by atoms with E-state index >= 15 is 0 Å². The lowest BCUT2D eigenvalue weighted by atomic mass is 9.59. The van der Waals surface area contributed by atoms with Gasteiger partial charge in [0.15, 0.2) is 0 Å². The van der Waals surface area contributed by atoms with Crippen molar-refractivity contribution in [1.82, 2.24) is 10.2 Å². The van der Waals surface area contributed by atoms with Crippen molar-refractivity contribution in [3.63, 3.8) is 0 Å². The van der Waals surface area contributed by atoms with Crippen LogP contribution < -0.4 is 5.32 Å². The van der Waals surface area contributed by atoms with Crippen LogP contribution in [0.15, 0.2) is 96.2 Å². The Kier molecular flexibility index (Phi) is 10.4. The number of hydrogen-bond donors (Lipinski definition) is 3. The van der Waals surface area contributed by atoms with E-state index in [0.717, 1.165) is 30.8 Å². The van der Waals surface area contributed by atoms with Gasteiger partial charge in [0.25, 0.3) is 0 Å². The van der Waals surface area contributed by atoms with Gasteiger partial charge in [-0.2, -0.15) is 0 Å². The minimum Gasteiger partial charge on any atom is -0.481 e. The van der Waals surface area contributed by atoms with Gasteiger partial charge in [-0.05, 0) is 74.5 Å². The predicted molar refractivity (Wildman–Crippen MR) is 172 cm³/mol. The first kappa shape index (κ1) is 31.8. The molecule has 2 heterocycles. The normalized spacial score (nSPS) is 22.2. The van der Waals surface area contributed by atoms with Crippen LogP contribution in [0, 0.1) is 5.41 Å². The van der Waals surface area contributed by atoms with E-state index in [-0.39, 0.29) is 24.5 Å². The van der Waals surface area contributed by atoms with Crippen molar-refractivity contribution >= 4 is 23.5 Å². The summed E-state index contributed by atoms with van der Waals surface area (Å²) in [5.41, 5.74) is 1.67. The number of carbonyl (C=O) groups is 2. The Balaban J connectivity index is 1.54. The van der Waals surface area contributed by atoms with Crippen molar-refractivity contribution in [1.29, 1.82) is 0 Å². The third-order valence-corrected chi connectivity index (χ3v) is 9.59. The van der Waals surface area contributed by atoms with Gasteiger partial charge in [0.05, 0.1) is 24.2 Å². The van der Waals surface area contributed by atoms with Crippen LogP contribution in [0.1, 0.15) is 61.1 Å². The Morgan fingerprint density at radius 2 is 1.61 bits per heavy atom. The summed E-state index contributed by atoms with van der Waals surface area (Å²) in [6.07, 6.45) is 3.09. The summed E-state index contributed by atoms with van der Waals surface area (Å²) < 4.78 is 6.02. The van der Waals surface area contributed by atoms with Gasteiger partial charge in [-0.25, -0.2) is 4.79 Å². The summed E-state index contributed by atoms with van der Waals surface area (Å²) in [5, 5.41) is 25.5. The smallest absolute Gasteiger partial charge is 0.334 e. The van der Waals surface area contributed by atoms with Crippen LogP contribution in [-0.4, -0.2) is 65.9 Å². The molecule has 0 aliphatic carbocycles. The van der Waals surface area contributed by atoms with Gasteiger partial charge in [0.2, 0.25) is 0 Å². The Bertz CT molecular complexity index is 1420. The zero-order chi connectivity index (χ0) is 31.1. The lowest BCUT2D eigenvalue weighted by Crippen LogP contribution is -2.57. The van der Waals surface area contributed by atoms with Gasteiger partial charge >= 0.3 is 11.9 Å². The largest absolute Gasteiger partial charge is 0.481 e. The molecule has 5 rings (SSSR count). The van der Waals surface area contributed by atoms with Gasteiger partial charge in [-0.3, -0.25) is 4.79 Å². The van der Waals surface area contributed by atoms with Gasteiger partial charge in [-0.1, -0.05) is 84.4 Å². The number of rotatable bonds is 13. The highest BCUT2D eigenvalue weighted by Gasteiger charge is 2.56. The Labute approximate surface area is 264 Å². The second-order valence-corrected chi connectivity index (χ2v) is 12.3. The molecule has 1 fully saturated rings. The third kappa shape index (κ3) is 6.85. The molecule has 0 bridgehead atoms. The molecule has 2 aliphatic rings. The number of nitrogens with zero attached hydrogens (tertiary/aromatic N) is 1.